The molecule has 45 heteroatoms. The first-order valence-electron chi connectivity index (χ1n) is 53.0. The first-order chi connectivity index (χ1) is 69.2. The summed E-state index contributed by atoms with van der Waals surface area (Å²) in [6.45, 7) is 20.9. The number of unbranched alkanes of at least 4 members (excludes halogenated alkanes) is 9. The Kier molecular flexibility index (Phi) is 44.5. The second-order valence-electron chi connectivity index (χ2n) is 45.7. The molecule has 28 unspecified atom stereocenters. The summed E-state index contributed by atoms with van der Waals surface area (Å²) in [5.41, 5.74) is -5.46. The second-order valence-corrected chi connectivity index (χ2v) is 45.7. The number of carboxylic acids is 1. The van der Waals surface area contributed by atoms with Gasteiger partial charge in [-0.15, -0.1) is 0 Å². The molecule has 45 nitrogen and oxygen atoms in total. The maximum absolute atomic E-state index is 16.2. The summed E-state index contributed by atoms with van der Waals surface area (Å²) in [6, 6.07) is 0. The predicted molar refractivity (Wildman–Crippen MR) is 510 cm³/mol. The van der Waals surface area contributed by atoms with Crippen LogP contribution in [-0.2, 0) is 94.9 Å². The average Bonchev–Trinajstić information content (AvgIpc) is 0.840. The van der Waals surface area contributed by atoms with E-state index in [0.29, 0.717) is 38.5 Å². The third kappa shape index (κ3) is 26.6. The molecule has 0 bridgehead atoms. The van der Waals surface area contributed by atoms with Gasteiger partial charge < -0.3 is 208 Å². The van der Waals surface area contributed by atoms with Crippen molar-refractivity contribution in [2.75, 3.05) is 80.3 Å². The highest BCUT2D eigenvalue weighted by Crippen LogP contribution is 2.76. The van der Waals surface area contributed by atoms with Gasteiger partial charge in [-0.1, -0.05) is 125 Å². The number of ether oxygens (including phenoxy) is 17. The van der Waals surface area contributed by atoms with Crippen molar-refractivity contribution in [1.29, 1.82) is 0 Å². The van der Waals surface area contributed by atoms with Crippen molar-refractivity contribution in [2.45, 2.75) is 469 Å². The van der Waals surface area contributed by atoms with Gasteiger partial charge in [0.1, 0.15) is 158 Å². The molecule has 6 saturated carbocycles. The Morgan fingerprint density at radius 2 is 1.05 bits per heavy atom. The lowest BCUT2D eigenvalue weighted by molar-refractivity contribution is -0.371. The summed E-state index contributed by atoms with van der Waals surface area (Å²) in [6.07, 6.45) is -35.4. The monoisotopic (exact) mass is 2120 g/mol. The largest absolute Gasteiger partial charge is 0.479 e. The quantitative estimate of drug-likeness (QED) is 0.0135. The van der Waals surface area contributed by atoms with E-state index in [1.807, 2.05) is 13.8 Å². The molecule has 7 aliphatic carbocycles. The number of carboxylic acid groups (broad SMARTS) is 1. The minimum Gasteiger partial charge on any atom is -0.479 e. The van der Waals surface area contributed by atoms with Gasteiger partial charge in [0, 0.05) is 32.2 Å². The number of esters is 2. The number of methoxy groups -OCH3 is 2. The van der Waals surface area contributed by atoms with Crippen molar-refractivity contribution < 1.29 is 223 Å². The molecule has 0 radical (unpaired) electrons. The van der Waals surface area contributed by atoms with E-state index >= 15 is 4.79 Å². The lowest BCUT2D eigenvalue weighted by Gasteiger charge is -2.72. The lowest BCUT2D eigenvalue weighted by atomic mass is 9.33. The van der Waals surface area contributed by atoms with Gasteiger partial charge in [0.05, 0.1) is 127 Å². The molecule has 7 saturated heterocycles. The Labute approximate surface area is 859 Å². The Bertz CT molecular complexity index is 4050. The van der Waals surface area contributed by atoms with E-state index in [4.69, 9.17) is 106 Å². The zero-order valence-electron chi connectivity index (χ0n) is 87.5. The molecule has 25 N–H and O–H groups in total. The smallest absolute Gasteiger partial charge is 0.335 e. The van der Waals surface area contributed by atoms with Crippen molar-refractivity contribution in [3.05, 3.63) is 11.6 Å². The zero-order valence-corrected chi connectivity index (χ0v) is 87.5. The number of hydrogen-bond acceptors (Lipinski definition) is 44. The molecule has 0 aromatic heterocycles. The molecule has 14 rings (SSSR count). The minimum atomic E-state index is -2.13. The van der Waals surface area contributed by atoms with Crippen LogP contribution >= 0.6 is 0 Å². The summed E-state index contributed by atoms with van der Waals surface area (Å²) in [4.78, 5) is 42.5. The number of carbonyl (C=O) groups excluding carboxylic acids is 2. The number of hydrogen-bond donors (Lipinski definition) is 25. The summed E-state index contributed by atoms with van der Waals surface area (Å²) >= 11 is 0. The molecule has 7 heterocycles. The third-order valence-corrected chi connectivity index (χ3v) is 35.5. The van der Waals surface area contributed by atoms with Crippen LogP contribution in [0, 0.1) is 62.1 Å². The van der Waals surface area contributed by atoms with Crippen molar-refractivity contribution in [3.63, 3.8) is 0 Å². The van der Waals surface area contributed by atoms with Gasteiger partial charge in [-0.3, -0.25) is 9.59 Å². The fraction of sp³-hybridized carbons (Fsp3) is 0.951. The van der Waals surface area contributed by atoms with E-state index in [1.54, 1.807) is 27.7 Å². The van der Waals surface area contributed by atoms with Crippen LogP contribution in [0.25, 0.3) is 0 Å². The summed E-state index contributed by atoms with van der Waals surface area (Å²) in [5, 5.41) is 261. The van der Waals surface area contributed by atoms with E-state index < -0.39 is 334 Å². The molecule has 854 valence electrons. The van der Waals surface area contributed by atoms with Gasteiger partial charge in [0.15, 0.2) is 25.0 Å². The maximum atomic E-state index is 16.2. The number of rotatable bonds is 34. The van der Waals surface area contributed by atoms with Crippen molar-refractivity contribution in [2.24, 2.45) is 62.1 Å². The van der Waals surface area contributed by atoms with Crippen LogP contribution in [0.3, 0.4) is 0 Å². The standard InChI is InChI=1S/C83H138O32.C7H14O5.2C6H12O4/c1-12-13-14-15-16-17-18-19-20-21-31-104-54(89)26-32-105-65-42(3)108-75(70(61(65)96)109-48-33-41(2)64(67(103-11)58(48)93)112-74-63(98)66(102-10)47(87)39-107-74)115-77(101)83-30-29-78(4,5)35-45(83)44-22-23-51-79(6)27-25-53(80(7,40-85)50(79)24-28-81(51,8)82(44,9)36-52(83)88)111-76-71(110-49-34-43(37-84)55(90)59(94)57(49)92)68(62(97)69(114-76)72(99)100)113-73-60(95)56(91)46(86)38-106-73;1-3-5(9)7(11)6(10)4(2-8)12-3;1-4-5(8)6(9,2-7)3-10-4;1-3-5(8)6(9)4(7)2-10-3/h22,41-43,45-53,55-71,73-76,84-88,90-98H,12-21,23-40H2,1-11H3,(H,99,100);3-11H,2H2,1H3;4-5,7-9H,2-3H2,1H3;3-9H,2H2,1H3/t41?,42?,43?,45?,46-,47-,48-,49-,50?,51?,52?,53?,55+,56?,57?,58?,59?,60?,61?,62+,63?,64+,65+,66?,67?,68?,69?,70?,71?,73+,74+,75+,76-,79+,80?,81-,82-,83-;3-,4?,5?,6+,7?;4-,5+,6?;3-,4+,5?,6?/m1000/s1. The zero-order chi connectivity index (χ0) is 109. The van der Waals surface area contributed by atoms with E-state index in [-0.39, 0.29) is 95.4 Å². The lowest BCUT2D eigenvalue weighted by Crippen LogP contribution is -2.69. The number of carbonyl (C=O) groups is 3. The Morgan fingerprint density at radius 3 is 1.65 bits per heavy atom. The Balaban J connectivity index is 0.000000542. The number of aliphatic hydroxyl groups excluding tert-OH is 23. The normalized spacial score (nSPS) is 48.1. The summed E-state index contributed by atoms with van der Waals surface area (Å²) in [7, 11) is 2.72. The van der Waals surface area contributed by atoms with Crippen molar-refractivity contribution in [1.82, 2.24) is 0 Å². The summed E-state index contributed by atoms with van der Waals surface area (Å²) < 4.78 is 102. The molecule has 0 aromatic rings. The number of fused-ring (bicyclic) bond motifs is 7. The highest BCUT2D eigenvalue weighted by Gasteiger charge is 2.74. The highest BCUT2D eigenvalue weighted by molar-refractivity contribution is 5.80. The van der Waals surface area contributed by atoms with Crippen molar-refractivity contribution in [3.8, 4) is 0 Å². The highest BCUT2D eigenvalue weighted by atomic mass is 16.8. The SMILES string of the molecule is CCCCCCCCCCCCOC(=O)CCO[C@H]1C(C)O[C@@H](OC(=O)[C@]23CCC(C)(C)CC2C2=CCC4[C@@]5(C)CCC(O[C@@H]6OC(C(=O)O)[C@@H](O)C(O[C@@H]7OC[C@@H](O)C(O)C7O)C6O[C@@H]6CC(CO)[C@H](O)C(O)C6O)C(C)(CO)C5CC[C@@]4(C)[C@]2(C)CC3O)C(O[C@@H]2CC(C)[C@H](O[C@@H]3OC[C@@H](O)C(OC)C3O)C(OC)C2O)C1O.C[C@@H]1OC(CO)[C@@H](O)C(O)C1O.C[C@@H]1OCC(O)(CO)[C@@H]1O.C[C@@H]1OC[C@@H](O)C(O)C1O. The molecule has 14 aliphatic rings. The molecule has 50 atom stereocenters. The maximum Gasteiger partial charge on any atom is 0.335 e. The number of aliphatic carboxylic acids is 1. The van der Waals surface area contributed by atoms with Crippen LogP contribution in [0.2, 0.25) is 0 Å². The van der Waals surface area contributed by atoms with Gasteiger partial charge in [-0.25, -0.2) is 4.79 Å². The molecule has 0 amide bonds. The molecule has 0 aromatic carbocycles. The number of aliphatic hydroxyl groups is 24. The van der Waals surface area contributed by atoms with Gasteiger partial charge in [0.2, 0.25) is 6.29 Å². The van der Waals surface area contributed by atoms with Gasteiger partial charge in [-0.05, 0) is 150 Å². The fourth-order valence-electron chi connectivity index (χ4n) is 26.0. The summed E-state index contributed by atoms with van der Waals surface area (Å²) in [5.74, 6) is -5.52. The van der Waals surface area contributed by atoms with Crippen LogP contribution in [0.1, 0.15) is 224 Å². The van der Waals surface area contributed by atoms with E-state index in [9.17, 15) is 112 Å². The van der Waals surface area contributed by atoms with Gasteiger partial charge in [0.25, 0.3) is 0 Å². The third-order valence-electron chi connectivity index (χ3n) is 35.5. The van der Waals surface area contributed by atoms with Crippen LogP contribution in [-0.4, -0.2) is 470 Å². The topological polar surface area (TPSA) is 714 Å². The molecular formula is C102H176O45. The number of allylic oxidation sites excluding steroid dienone is 2. The van der Waals surface area contributed by atoms with E-state index in [1.165, 1.54) is 52.7 Å². The first kappa shape index (κ1) is 124. The van der Waals surface area contributed by atoms with Gasteiger partial charge >= 0.3 is 17.9 Å². The van der Waals surface area contributed by atoms with Crippen LogP contribution < -0.4 is 0 Å². The van der Waals surface area contributed by atoms with Crippen molar-refractivity contribution >= 4 is 17.9 Å². The minimum absolute atomic E-state index is 0.00579. The van der Waals surface area contributed by atoms with Crippen LogP contribution in [0.5, 0.6) is 0 Å². The first-order valence-corrected chi connectivity index (χ1v) is 53.0. The van der Waals surface area contributed by atoms with E-state index in [0.717, 1.165) is 31.3 Å². The predicted octanol–water partition coefficient (Wildman–Crippen LogP) is -2.68. The molecular weight excluding hydrogens is 1950 g/mol. The average molecular weight is 2120 g/mol. The second kappa shape index (κ2) is 52.8. The van der Waals surface area contributed by atoms with Crippen LogP contribution in [0.4, 0.5) is 0 Å². The Hall–Kier alpha value is -3.41. The van der Waals surface area contributed by atoms with Gasteiger partial charge in [-0.2, -0.15) is 0 Å². The van der Waals surface area contributed by atoms with E-state index in [2.05, 4.69) is 47.6 Å². The molecule has 147 heavy (non-hydrogen) atoms. The molecule has 7 aliphatic heterocycles. The Morgan fingerprint density at radius 1 is 0.463 bits per heavy atom. The molecule has 0 spiro atoms. The van der Waals surface area contributed by atoms with Crippen LogP contribution in [0.15, 0.2) is 11.6 Å². The molecule has 13 fully saturated rings. The fourth-order valence-corrected chi connectivity index (χ4v) is 26.0.